The highest BCUT2D eigenvalue weighted by molar-refractivity contribution is 9.10. The predicted molar refractivity (Wildman–Crippen MR) is 80.6 cm³/mol. The summed E-state index contributed by atoms with van der Waals surface area (Å²) in [6.45, 7) is 2.03. The van der Waals surface area contributed by atoms with Crippen molar-refractivity contribution < 1.29 is 4.92 Å². The van der Waals surface area contributed by atoms with Crippen molar-refractivity contribution in [2.75, 3.05) is 0 Å². The average molecular weight is 354 g/mol. The number of H-pyrrole nitrogens is 1. The SMILES string of the molecule is CCc1cn(Cc2ccc([N+](=O)[O-])cc2Br)c(=O)[nH]c1=O. The van der Waals surface area contributed by atoms with Crippen molar-refractivity contribution in [1.82, 2.24) is 9.55 Å². The van der Waals surface area contributed by atoms with Crippen LogP contribution in [-0.2, 0) is 13.0 Å². The van der Waals surface area contributed by atoms with Gasteiger partial charge in [-0.1, -0.05) is 22.9 Å². The highest BCUT2D eigenvalue weighted by Crippen LogP contribution is 2.23. The largest absolute Gasteiger partial charge is 0.328 e. The molecule has 0 radical (unpaired) electrons. The molecule has 0 atom stereocenters. The zero-order valence-electron chi connectivity index (χ0n) is 11.1. The molecule has 0 fully saturated rings. The van der Waals surface area contributed by atoms with Crippen LogP contribution in [0.25, 0.3) is 0 Å². The number of halogens is 1. The Hall–Kier alpha value is -2.22. The average Bonchev–Trinajstić information content (AvgIpc) is 2.43. The minimum Gasteiger partial charge on any atom is -0.296 e. The molecule has 2 aromatic rings. The van der Waals surface area contributed by atoms with Gasteiger partial charge in [0.2, 0.25) is 0 Å². The van der Waals surface area contributed by atoms with Gasteiger partial charge in [0.15, 0.2) is 0 Å². The van der Waals surface area contributed by atoms with Gasteiger partial charge in [-0.25, -0.2) is 4.79 Å². The van der Waals surface area contributed by atoms with Crippen molar-refractivity contribution in [2.45, 2.75) is 19.9 Å². The molecule has 0 unspecified atom stereocenters. The number of rotatable bonds is 4. The van der Waals surface area contributed by atoms with Crippen LogP contribution in [-0.4, -0.2) is 14.5 Å². The molecule has 0 aliphatic carbocycles. The lowest BCUT2D eigenvalue weighted by Crippen LogP contribution is -2.31. The standard InChI is InChI=1S/C13H12BrN3O4/c1-2-8-6-16(13(19)15-12(8)18)7-9-3-4-10(17(20)21)5-11(9)14/h3-6H,2,7H2,1H3,(H,15,18,19). The number of aromatic nitrogens is 2. The van der Waals surface area contributed by atoms with Gasteiger partial charge in [0.05, 0.1) is 11.5 Å². The first-order chi connectivity index (χ1) is 9.92. The Morgan fingerprint density at radius 3 is 2.62 bits per heavy atom. The van der Waals surface area contributed by atoms with E-state index < -0.39 is 10.6 Å². The number of hydrogen-bond donors (Lipinski definition) is 1. The normalized spacial score (nSPS) is 10.6. The summed E-state index contributed by atoms with van der Waals surface area (Å²) in [5, 5.41) is 10.7. The maximum atomic E-state index is 11.8. The molecule has 7 nitrogen and oxygen atoms in total. The Morgan fingerprint density at radius 1 is 1.33 bits per heavy atom. The number of nitrogens with zero attached hydrogens (tertiary/aromatic N) is 2. The van der Waals surface area contributed by atoms with E-state index in [1.165, 1.54) is 22.9 Å². The zero-order chi connectivity index (χ0) is 15.6. The fourth-order valence-electron chi connectivity index (χ4n) is 1.89. The predicted octanol–water partition coefficient (Wildman–Crippen LogP) is 1.82. The smallest absolute Gasteiger partial charge is 0.296 e. The molecule has 0 bridgehead atoms. The van der Waals surface area contributed by atoms with Crippen LogP contribution in [0.1, 0.15) is 18.1 Å². The van der Waals surface area contributed by atoms with E-state index in [1.54, 1.807) is 6.07 Å². The molecule has 0 aliphatic rings. The van der Waals surface area contributed by atoms with Crippen molar-refractivity contribution in [3.05, 3.63) is 70.9 Å². The van der Waals surface area contributed by atoms with E-state index in [2.05, 4.69) is 20.9 Å². The summed E-state index contributed by atoms with van der Waals surface area (Å²) in [5.41, 5.74) is 0.280. The fourth-order valence-corrected chi connectivity index (χ4v) is 2.38. The molecule has 1 aromatic carbocycles. The van der Waals surface area contributed by atoms with E-state index in [0.717, 1.165) is 0 Å². The second kappa shape index (κ2) is 6.04. The van der Waals surface area contributed by atoms with Gasteiger partial charge < -0.3 is 0 Å². The molecule has 1 aromatic heterocycles. The minimum atomic E-state index is -0.512. The van der Waals surface area contributed by atoms with E-state index in [1.807, 2.05) is 6.92 Å². The molecule has 21 heavy (non-hydrogen) atoms. The van der Waals surface area contributed by atoms with Gasteiger partial charge in [0, 0.05) is 28.4 Å². The van der Waals surface area contributed by atoms with Crippen LogP contribution in [0.3, 0.4) is 0 Å². The first-order valence-electron chi connectivity index (χ1n) is 6.17. The van der Waals surface area contributed by atoms with E-state index in [-0.39, 0.29) is 17.8 Å². The van der Waals surface area contributed by atoms with Crippen LogP contribution in [0.15, 0.2) is 38.5 Å². The number of nitrogens with one attached hydrogen (secondary N) is 1. The van der Waals surface area contributed by atoms with E-state index in [9.17, 15) is 19.7 Å². The molecule has 0 saturated carbocycles. The quantitative estimate of drug-likeness (QED) is 0.669. The van der Waals surface area contributed by atoms with Gasteiger partial charge in [-0.15, -0.1) is 0 Å². The van der Waals surface area contributed by atoms with Crippen LogP contribution in [0.2, 0.25) is 0 Å². The highest BCUT2D eigenvalue weighted by Gasteiger charge is 2.11. The van der Waals surface area contributed by atoms with Crippen molar-refractivity contribution in [1.29, 1.82) is 0 Å². The van der Waals surface area contributed by atoms with Crippen molar-refractivity contribution in [2.24, 2.45) is 0 Å². The maximum Gasteiger partial charge on any atom is 0.328 e. The van der Waals surface area contributed by atoms with Crippen LogP contribution in [0, 0.1) is 10.1 Å². The molecule has 110 valence electrons. The molecule has 0 saturated heterocycles. The summed E-state index contributed by atoms with van der Waals surface area (Å²) < 4.78 is 1.90. The molecule has 8 heteroatoms. The Labute approximate surface area is 127 Å². The first kappa shape index (κ1) is 15.2. The number of benzene rings is 1. The first-order valence-corrected chi connectivity index (χ1v) is 6.97. The molecular formula is C13H12BrN3O4. The molecule has 2 rings (SSSR count). The summed E-state index contributed by atoms with van der Waals surface area (Å²) in [5.74, 6) is 0. The molecule has 0 aliphatic heterocycles. The van der Waals surface area contributed by atoms with Gasteiger partial charge in [-0.05, 0) is 18.1 Å². The van der Waals surface area contributed by atoms with Crippen LogP contribution in [0.5, 0.6) is 0 Å². The van der Waals surface area contributed by atoms with Crippen LogP contribution >= 0.6 is 15.9 Å². The van der Waals surface area contributed by atoms with E-state index >= 15 is 0 Å². The third-order valence-electron chi connectivity index (χ3n) is 3.05. The summed E-state index contributed by atoms with van der Waals surface area (Å²) >= 11 is 3.26. The summed E-state index contributed by atoms with van der Waals surface area (Å²) in [6.07, 6.45) is 2.02. The van der Waals surface area contributed by atoms with Crippen molar-refractivity contribution in [3.8, 4) is 0 Å². The van der Waals surface area contributed by atoms with Crippen LogP contribution in [0.4, 0.5) is 5.69 Å². The van der Waals surface area contributed by atoms with Gasteiger partial charge in [0.1, 0.15) is 0 Å². The van der Waals surface area contributed by atoms with Crippen LogP contribution < -0.4 is 11.2 Å². The summed E-state index contributed by atoms with van der Waals surface area (Å²) in [6, 6.07) is 4.33. The van der Waals surface area contributed by atoms with Crippen molar-refractivity contribution in [3.63, 3.8) is 0 Å². The number of nitro benzene ring substituents is 1. The maximum absolute atomic E-state index is 11.8. The lowest BCUT2D eigenvalue weighted by atomic mass is 10.2. The molecular weight excluding hydrogens is 342 g/mol. The van der Waals surface area contributed by atoms with Gasteiger partial charge in [-0.3, -0.25) is 24.5 Å². The molecule has 0 amide bonds. The minimum absolute atomic E-state index is 0.0336. The highest BCUT2D eigenvalue weighted by atomic mass is 79.9. The second-order valence-corrected chi connectivity index (χ2v) is 5.28. The monoisotopic (exact) mass is 353 g/mol. The molecule has 1 N–H and O–H groups in total. The van der Waals surface area contributed by atoms with Gasteiger partial charge in [0.25, 0.3) is 11.2 Å². The van der Waals surface area contributed by atoms with Gasteiger partial charge in [-0.2, -0.15) is 0 Å². The number of hydrogen-bond acceptors (Lipinski definition) is 4. The number of aryl methyl sites for hydroxylation is 1. The Bertz CT molecular complexity index is 810. The topological polar surface area (TPSA) is 98.0 Å². The number of nitro groups is 1. The third-order valence-corrected chi connectivity index (χ3v) is 3.79. The fraction of sp³-hybridized carbons (Fsp3) is 0.231. The summed E-state index contributed by atoms with van der Waals surface area (Å²) in [4.78, 5) is 35.7. The Morgan fingerprint density at radius 2 is 2.05 bits per heavy atom. The lowest BCUT2D eigenvalue weighted by molar-refractivity contribution is -0.384. The number of aromatic amines is 1. The Balaban J connectivity index is 2.41. The van der Waals surface area contributed by atoms with E-state index in [0.29, 0.717) is 22.0 Å². The lowest BCUT2D eigenvalue weighted by Gasteiger charge is -2.08. The Kier molecular flexibility index (Phi) is 4.37. The summed E-state index contributed by atoms with van der Waals surface area (Å²) in [7, 11) is 0. The van der Waals surface area contributed by atoms with Gasteiger partial charge >= 0.3 is 5.69 Å². The third kappa shape index (κ3) is 3.27. The van der Waals surface area contributed by atoms with E-state index in [4.69, 9.17) is 0 Å². The molecule has 0 spiro atoms. The second-order valence-electron chi connectivity index (χ2n) is 4.43. The molecule has 1 heterocycles. The zero-order valence-corrected chi connectivity index (χ0v) is 12.7. The van der Waals surface area contributed by atoms with Crippen molar-refractivity contribution >= 4 is 21.6 Å². The number of non-ortho nitro benzene ring substituents is 1.